The fraction of sp³-hybridized carbons (Fsp3) is 0.333. The summed E-state index contributed by atoms with van der Waals surface area (Å²) in [6, 6.07) is 18.7. The van der Waals surface area contributed by atoms with Gasteiger partial charge in [-0.05, 0) is 36.6 Å². The Labute approximate surface area is 188 Å². The molecule has 0 radical (unpaired) electrons. The highest BCUT2D eigenvalue weighted by Gasteiger charge is 2.48. The number of fused-ring (bicyclic) bond motifs is 1. The molecule has 5 rings (SSSR count). The maximum atomic E-state index is 13.5. The van der Waals surface area contributed by atoms with Crippen LogP contribution in [0.2, 0.25) is 0 Å². The second kappa shape index (κ2) is 8.36. The van der Waals surface area contributed by atoms with Crippen molar-refractivity contribution in [3.05, 3.63) is 71.4 Å². The molecule has 3 atom stereocenters. The van der Waals surface area contributed by atoms with Crippen molar-refractivity contribution in [1.82, 2.24) is 20.0 Å². The van der Waals surface area contributed by atoms with Crippen molar-refractivity contribution in [3.63, 3.8) is 0 Å². The fourth-order valence-corrected chi connectivity index (χ4v) is 5.38. The second-order valence-corrected chi connectivity index (χ2v) is 8.60. The lowest BCUT2D eigenvalue weighted by molar-refractivity contribution is 0.0762. The third-order valence-electron chi connectivity index (χ3n) is 6.76. The lowest BCUT2D eigenvalue weighted by Crippen LogP contribution is -2.34. The summed E-state index contributed by atoms with van der Waals surface area (Å²) >= 11 is 0. The van der Waals surface area contributed by atoms with Crippen molar-refractivity contribution in [2.75, 3.05) is 32.4 Å². The number of nitrogens with one attached hydrogen (secondary N) is 1. The van der Waals surface area contributed by atoms with Crippen LogP contribution in [-0.4, -0.2) is 52.6 Å². The fourth-order valence-electron chi connectivity index (χ4n) is 5.38. The normalized spacial score (nSPS) is 22.9. The van der Waals surface area contributed by atoms with Gasteiger partial charge in [-0.2, -0.15) is 5.10 Å². The Morgan fingerprint density at radius 2 is 1.77 bits per heavy atom. The van der Waals surface area contributed by atoms with E-state index < -0.39 is 0 Å². The molecule has 1 amide bonds. The van der Waals surface area contributed by atoms with E-state index in [1.807, 2.05) is 35.2 Å². The van der Waals surface area contributed by atoms with E-state index in [-0.39, 0.29) is 18.3 Å². The summed E-state index contributed by atoms with van der Waals surface area (Å²) < 4.78 is 0. The number of benzene rings is 2. The van der Waals surface area contributed by atoms with Gasteiger partial charge in [0.1, 0.15) is 5.69 Å². The summed E-state index contributed by atoms with van der Waals surface area (Å²) in [7, 11) is 2.20. The van der Waals surface area contributed by atoms with Gasteiger partial charge in [-0.25, -0.2) is 0 Å². The van der Waals surface area contributed by atoms with Crippen LogP contribution in [0.3, 0.4) is 0 Å². The van der Waals surface area contributed by atoms with Crippen LogP contribution in [0.1, 0.15) is 27.7 Å². The van der Waals surface area contributed by atoms with Gasteiger partial charge in [-0.15, -0.1) is 12.4 Å². The second-order valence-electron chi connectivity index (χ2n) is 8.60. The van der Waals surface area contributed by atoms with E-state index in [4.69, 9.17) is 5.73 Å². The Bertz CT molecular complexity index is 1080. The standard InChI is InChI=1S/C24H27N5O.ClH/c1-15-8-6-7-11-18(15)22-19-14-29(13-17(19)12-28(22)2)24(30)21-20(23(25)27-26-21)16-9-4-3-5-10-16;/h3-11,17,19,22H,12-14H2,1-2H3,(H3,25,26,27);1H/t17-,19+,22+;/m0./s1. The van der Waals surface area contributed by atoms with Crippen molar-refractivity contribution in [2.45, 2.75) is 13.0 Å². The van der Waals surface area contributed by atoms with Crippen LogP contribution in [0.5, 0.6) is 0 Å². The molecule has 7 heteroatoms. The number of carbonyl (C=O) groups is 1. The molecule has 0 unspecified atom stereocenters. The molecule has 3 aromatic rings. The molecule has 3 heterocycles. The summed E-state index contributed by atoms with van der Waals surface area (Å²) in [5.74, 6) is 1.25. The highest BCUT2D eigenvalue weighted by molar-refractivity contribution is 6.01. The van der Waals surface area contributed by atoms with Crippen LogP contribution in [-0.2, 0) is 0 Å². The van der Waals surface area contributed by atoms with Crippen LogP contribution in [0, 0.1) is 18.8 Å². The number of aryl methyl sites for hydroxylation is 1. The van der Waals surface area contributed by atoms with Crippen LogP contribution in [0.25, 0.3) is 11.1 Å². The van der Waals surface area contributed by atoms with Gasteiger partial charge in [0.15, 0.2) is 5.82 Å². The minimum Gasteiger partial charge on any atom is -0.382 e. The zero-order chi connectivity index (χ0) is 20.8. The van der Waals surface area contributed by atoms with Gasteiger partial charge in [-0.3, -0.25) is 14.8 Å². The Balaban J connectivity index is 0.00000231. The molecular formula is C24H28ClN5O. The summed E-state index contributed by atoms with van der Waals surface area (Å²) in [6.45, 7) is 4.70. The van der Waals surface area contributed by atoms with Gasteiger partial charge in [0.05, 0.1) is 5.56 Å². The van der Waals surface area contributed by atoms with E-state index in [1.54, 1.807) is 0 Å². The Hall–Kier alpha value is -2.83. The van der Waals surface area contributed by atoms with E-state index >= 15 is 0 Å². The Kier molecular flexibility index (Phi) is 5.77. The van der Waals surface area contributed by atoms with E-state index in [9.17, 15) is 4.79 Å². The SMILES string of the molecule is Cc1ccccc1[C@@H]1[C@@H]2CN(C(=O)c3[nH]nc(N)c3-c3ccccc3)C[C@@H]2CN1C.Cl. The van der Waals surface area contributed by atoms with E-state index in [0.29, 0.717) is 35.0 Å². The van der Waals surface area contributed by atoms with Crippen molar-refractivity contribution < 1.29 is 4.79 Å². The highest BCUT2D eigenvalue weighted by Crippen LogP contribution is 2.45. The molecule has 2 aromatic carbocycles. The molecule has 0 aliphatic carbocycles. The molecule has 3 N–H and O–H groups in total. The third-order valence-corrected chi connectivity index (χ3v) is 6.76. The minimum absolute atomic E-state index is 0. The molecule has 6 nitrogen and oxygen atoms in total. The largest absolute Gasteiger partial charge is 0.382 e. The number of rotatable bonds is 3. The zero-order valence-corrected chi connectivity index (χ0v) is 18.6. The smallest absolute Gasteiger partial charge is 0.272 e. The average Bonchev–Trinajstić information content (AvgIpc) is 3.41. The molecule has 31 heavy (non-hydrogen) atoms. The number of carbonyl (C=O) groups excluding carboxylic acids is 1. The van der Waals surface area contributed by atoms with Crippen LogP contribution < -0.4 is 5.73 Å². The lowest BCUT2D eigenvalue weighted by atomic mass is 9.88. The summed E-state index contributed by atoms with van der Waals surface area (Å²) in [5.41, 5.74) is 10.9. The van der Waals surface area contributed by atoms with Crippen molar-refractivity contribution in [1.29, 1.82) is 0 Å². The van der Waals surface area contributed by atoms with E-state index in [1.165, 1.54) is 11.1 Å². The predicted octanol–water partition coefficient (Wildman–Crippen LogP) is 3.76. The van der Waals surface area contributed by atoms with E-state index in [0.717, 1.165) is 25.2 Å². The molecule has 0 bridgehead atoms. The van der Waals surface area contributed by atoms with Crippen LogP contribution in [0.4, 0.5) is 5.82 Å². The summed E-state index contributed by atoms with van der Waals surface area (Å²) in [4.78, 5) is 17.9. The molecule has 1 aromatic heterocycles. The lowest BCUT2D eigenvalue weighted by Gasteiger charge is -2.28. The van der Waals surface area contributed by atoms with Gasteiger partial charge < -0.3 is 10.6 Å². The molecule has 2 fully saturated rings. The van der Waals surface area contributed by atoms with Crippen molar-refractivity contribution >= 4 is 24.1 Å². The molecule has 2 aliphatic rings. The average molecular weight is 438 g/mol. The molecule has 0 spiro atoms. The summed E-state index contributed by atoms with van der Waals surface area (Å²) in [5, 5.41) is 7.04. The molecule has 2 saturated heterocycles. The monoisotopic (exact) mass is 437 g/mol. The molecular weight excluding hydrogens is 410 g/mol. The number of aromatic amines is 1. The maximum absolute atomic E-state index is 13.5. The Morgan fingerprint density at radius 1 is 1.06 bits per heavy atom. The van der Waals surface area contributed by atoms with Crippen molar-refractivity contribution in [2.24, 2.45) is 11.8 Å². The van der Waals surface area contributed by atoms with Gasteiger partial charge in [0.2, 0.25) is 0 Å². The topological polar surface area (TPSA) is 78.2 Å². The number of aromatic nitrogens is 2. The number of likely N-dealkylation sites (tertiary alicyclic amines) is 2. The quantitative estimate of drug-likeness (QED) is 0.653. The first-order valence-corrected chi connectivity index (χ1v) is 10.5. The highest BCUT2D eigenvalue weighted by atomic mass is 35.5. The first-order chi connectivity index (χ1) is 14.5. The minimum atomic E-state index is -0.0151. The van der Waals surface area contributed by atoms with Crippen molar-refractivity contribution in [3.8, 4) is 11.1 Å². The number of H-pyrrole nitrogens is 1. The van der Waals surface area contributed by atoms with Gasteiger partial charge in [-0.1, -0.05) is 54.6 Å². The zero-order valence-electron chi connectivity index (χ0n) is 17.8. The Morgan fingerprint density at radius 3 is 2.52 bits per heavy atom. The number of halogens is 1. The molecule has 162 valence electrons. The van der Waals surface area contributed by atoms with Gasteiger partial charge >= 0.3 is 0 Å². The predicted molar refractivity (Wildman–Crippen MR) is 125 cm³/mol. The number of nitrogens with two attached hydrogens (primary N) is 1. The first-order valence-electron chi connectivity index (χ1n) is 10.5. The third kappa shape index (κ3) is 3.60. The van der Waals surface area contributed by atoms with Gasteiger partial charge in [0, 0.05) is 31.6 Å². The number of hydrogen-bond acceptors (Lipinski definition) is 4. The number of anilines is 1. The van der Waals surface area contributed by atoms with E-state index in [2.05, 4.69) is 53.3 Å². The summed E-state index contributed by atoms with van der Waals surface area (Å²) in [6.07, 6.45) is 0. The van der Waals surface area contributed by atoms with Crippen LogP contribution in [0.15, 0.2) is 54.6 Å². The maximum Gasteiger partial charge on any atom is 0.272 e. The number of nitrogens with zero attached hydrogens (tertiary/aromatic N) is 3. The first kappa shape index (κ1) is 21.4. The molecule has 2 aliphatic heterocycles. The number of amides is 1. The van der Waals surface area contributed by atoms with Gasteiger partial charge in [0.25, 0.3) is 5.91 Å². The van der Waals surface area contributed by atoms with Crippen LogP contribution >= 0.6 is 12.4 Å². The number of nitrogen functional groups attached to an aromatic ring is 1. The molecule has 0 saturated carbocycles. The number of hydrogen-bond donors (Lipinski definition) is 2.